The van der Waals surface area contributed by atoms with Crippen molar-refractivity contribution in [2.24, 2.45) is 0 Å². The van der Waals surface area contributed by atoms with Crippen molar-refractivity contribution in [2.75, 3.05) is 18.0 Å². The van der Waals surface area contributed by atoms with Gasteiger partial charge in [-0.1, -0.05) is 12.1 Å². The van der Waals surface area contributed by atoms with Crippen molar-refractivity contribution in [2.45, 2.75) is 25.8 Å². The molecule has 24 heavy (non-hydrogen) atoms. The molecule has 0 saturated carbocycles. The van der Waals surface area contributed by atoms with E-state index in [9.17, 15) is 9.59 Å². The minimum atomic E-state index is -0.132. The SMILES string of the molecule is Cc1cc(=O)[nH]c(N2CCC(n3c(=O)[nH]c4ccccc43)CC2)n1. The third kappa shape index (κ3) is 2.51. The van der Waals surface area contributed by atoms with Gasteiger partial charge in [-0.2, -0.15) is 0 Å². The fraction of sp³-hybridized carbons (Fsp3) is 0.353. The number of aromatic amines is 2. The lowest BCUT2D eigenvalue weighted by molar-refractivity contribution is 0.393. The Bertz CT molecular complexity index is 992. The summed E-state index contributed by atoms with van der Waals surface area (Å²) >= 11 is 0. The number of aromatic nitrogens is 4. The van der Waals surface area contributed by atoms with Crippen LogP contribution in [-0.2, 0) is 0 Å². The number of imidazole rings is 1. The maximum atomic E-state index is 12.3. The molecule has 4 rings (SSSR count). The minimum absolute atomic E-state index is 0.0586. The number of piperidine rings is 1. The van der Waals surface area contributed by atoms with E-state index in [0.717, 1.165) is 37.0 Å². The van der Waals surface area contributed by atoms with Gasteiger partial charge in [-0.15, -0.1) is 0 Å². The van der Waals surface area contributed by atoms with Gasteiger partial charge in [0.2, 0.25) is 5.95 Å². The molecule has 124 valence electrons. The molecule has 2 aromatic heterocycles. The highest BCUT2D eigenvalue weighted by atomic mass is 16.1. The smallest absolute Gasteiger partial charge is 0.326 e. The molecule has 1 saturated heterocycles. The number of para-hydroxylation sites is 2. The Morgan fingerprint density at radius 1 is 1.12 bits per heavy atom. The number of rotatable bonds is 2. The lowest BCUT2D eigenvalue weighted by Crippen LogP contribution is -2.38. The molecule has 0 bridgehead atoms. The summed E-state index contributed by atoms with van der Waals surface area (Å²) in [6.07, 6.45) is 1.67. The maximum Gasteiger partial charge on any atom is 0.326 e. The molecule has 0 radical (unpaired) electrons. The first kappa shape index (κ1) is 14.7. The van der Waals surface area contributed by atoms with E-state index in [1.165, 1.54) is 6.07 Å². The fourth-order valence-corrected chi connectivity index (χ4v) is 3.49. The van der Waals surface area contributed by atoms with Crippen molar-refractivity contribution in [3.63, 3.8) is 0 Å². The largest absolute Gasteiger partial charge is 0.342 e. The monoisotopic (exact) mass is 325 g/mol. The number of benzene rings is 1. The van der Waals surface area contributed by atoms with Crippen molar-refractivity contribution in [3.05, 3.63) is 56.9 Å². The number of fused-ring (bicyclic) bond motifs is 1. The highest BCUT2D eigenvalue weighted by Gasteiger charge is 2.24. The molecule has 1 aromatic carbocycles. The molecule has 7 nitrogen and oxygen atoms in total. The van der Waals surface area contributed by atoms with Crippen molar-refractivity contribution >= 4 is 17.0 Å². The molecular formula is C17H19N5O2. The first-order valence-corrected chi connectivity index (χ1v) is 8.14. The Hall–Kier alpha value is -2.83. The van der Waals surface area contributed by atoms with Gasteiger partial charge in [-0.25, -0.2) is 9.78 Å². The topological polar surface area (TPSA) is 86.8 Å². The van der Waals surface area contributed by atoms with E-state index in [0.29, 0.717) is 11.6 Å². The van der Waals surface area contributed by atoms with Crippen LogP contribution in [0.3, 0.4) is 0 Å². The van der Waals surface area contributed by atoms with Gasteiger partial charge in [-0.3, -0.25) is 14.3 Å². The second-order valence-corrected chi connectivity index (χ2v) is 6.25. The quantitative estimate of drug-likeness (QED) is 0.748. The summed E-state index contributed by atoms with van der Waals surface area (Å²) in [6.45, 7) is 3.32. The summed E-state index contributed by atoms with van der Waals surface area (Å²) in [4.78, 5) is 36.1. The van der Waals surface area contributed by atoms with Crippen LogP contribution in [0, 0.1) is 6.92 Å². The van der Waals surface area contributed by atoms with Crippen molar-refractivity contribution in [1.29, 1.82) is 0 Å². The van der Waals surface area contributed by atoms with Gasteiger partial charge in [0.15, 0.2) is 0 Å². The second kappa shape index (κ2) is 5.67. The van der Waals surface area contributed by atoms with Crippen molar-refractivity contribution in [3.8, 4) is 0 Å². The molecule has 1 aliphatic heterocycles. The second-order valence-electron chi connectivity index (χ2n) is 6.25. The Kier molecular flexibility index (Phi) is 3.48. The maximum absolute atomic E-state index is 12.3. The molecule has 3 aromatic rings. The van der Waals surface area contributed by atoms with E-state index < -0.39 is 0 Å². The highest BCUT2D eigenvalue weighted by Crippen LogP contribution is 2.26. The third-order valence-electron chi connectivity index (χ3n) is 4.61. The first-order chi connectivity index (χ1) is 11.6. The van der Waals surface area contributed by atoms with Gasteiger partial charge < -0.3 is 9.88 Å². The number of hydrogen-bond acceptors (Lipinski definition) is 4. The molecule has 0 atom stereocenters. The Labute approximate surface area is 138 Å². The standard InChI is InChI=1S/C17H19N5O2/c1-11-10-15(23)20-16(18-11)21-8-6-12(7-9-21)22-14-5-3-2-4-13(14)19-17(22)24/h2-5,10,12H,6-9H2,1H3,(H,19,24)(H,18,20,23). The number of H-pyrrole nitrogens is 2. The molecule has 0 aliphatic carbocycles. The minimum Gasteiger partial charge on any atom is -0.342 e. The van der Waals surface area contributed by atoms with Crippen LogP contribution in [0.1, 0.15) is 24.6 Å². The average Bonchev–Trinajstić information content (AvgIpc) is 2.90. The van der Waals surface area contributed by atoms with Gasteiger partial charge in [0.05, 0.1) is 11.0 Å². The Balaban J connectivity index is 1.58. The molecular weight excluding hydrogens is 306 g/mol. The Morgan fingerprint density at radius 2 is 1.88 bits per heavy atom. The van der Waals surface area contributed by atoms with Crippen molar-refractivity contribution in [1.82, 2.24) is 19.5 Å². The van der Waals surface area contributed by atoms with Crippen LogP contribution in [0.5, 0.6) is 0 Å². The number of anilines is 1. The molecule has 2 N–H and O–H groups in total. The average molecular weight is 325 g/mol. The predicted octanol–water partition coefficient (Wildman–Crippen LogP) is 1.56. The van der Waals surface area contributed by atoms with Gasteiger partial charge in [0.25, 0.3) is 5.56 Å². The molecule has 0 amide bonds. The zero-order chi connectivity index (χ0) is 16.7. The molecule has 0 spiro atoms. The van der Waals surface area contributed by atoms with E-state index >= 15 is 0 Å². The van der Waals surface area contributed by atoms with Gasteiger partial charge >= 0.3 is 5.69 Å². The molecule has 0 unspecified atom stereocenters. The summed E-state index contributed by atoms with van der Waals surface area (Å²) in [7, 11) is 0. The van der Waals surface area contributed by atoms with Gasteiger partial charge in [0.1, 0.15) is 0 Å². The zero-order valence-electron chi connectivity index (χ0n) is 13.5. The lowest BCUT2D eigenvalue weighted by atomic mass is 10.0. The van der Waals surface area contributed by atoms with Gasteiger partial charge in [0, 0.05) is 30.9 Å². The molecule has 1 aliphatic rings. The van der Waals surface area contributed by atoms with E-state index in [1.54, 1.807) is 0 Å². The van der Waals surface area contributed by atoms with Crippen LogP contribution >= 0.6 is 0 Å². The lowest BCUT2D eigenvalue weighted by Gasteiger charge is -2.32. The number of hydrogen-bond donors (Lipinski definition) is 2. The third-order valence-corrected chi connectivity index (χ3v) is 4.61. The van der Waals surface area contributed by atoms with Crippen LogP contribution in [0.25, 0.3) is 11.0 Å². The first-order valence-electron chi connectivity index (χ1n) is 8.14. The summed E-state index contributed by atoms with van der Waals surface area (Å²) in [6, 6.07) is 9.40. The van der Waals surface area contributed by atoms with Crippen LogP contribution in [-0.4, -0.2) is 32.6 Å². The normalized spacial score (nSPS) is 16.0. The fourth-order valence-electron chi connectivity index (χ4n) is 3.49. The predicted molar refractivity (Wildman–Crippen MR) is 92.6 cm³/mol. The summed E-state index contributed by atoms with van der Waals surface area (Å²) in [5, 5.41) is 0. The summed E-state index contributed by atoms with van der Waals surface area (Å²) < 4.78 is 1.86. The van der Waals surface area contributed by atoms with Crippen molar-refractivity contribution < 1.29 is 0 Å². The number of aryl methyl sites for hydroxylation is 1. The zero-order valence-corrected chi connectivity index (χ0v) is 13.5. The summed E-state index contributed by atoms with van der Waals surface area (Å²) in [5.41, 5.74) is 2.34. The molecule has 3 heterocycles. The van der Waals surface area contributed by atoms with E-state index in [1.807, 2.05) is 35.8 Å². The van der Waals surface area contributed by atoms with Crippen LogP contribution in [0.15, 0.2) is 39.9 Å². The number of nitrogens with one attached hydrogen (secondary N) is 2. The number of nitrogens with zero attached hydrogens (tertiary/aromatic N) is 3. The molecule has 1 fully saturated rings. The van der Waals surface area contributed by atoms with Gasteiger partial charge in [-0.05, 0) is 31.9 Å². The van der Waals surface area contributed by atoms with E-state index in [2.05, 4.69) is 19.9 Å². The van der Waals surface area contributed by atoms with Crippen LogP contribution in [0.4, 0.5) is 5.95 Å². The summed E-state index contributed by atoms with van der Waals surface area (Å²) in [5.74, 6) is 0.615. The van der Waals surface area contributed by atoms with Crippen LogP contribution in [0.2, 0.25) is 0 Å². The van der Waals surface area contributed by atoms with E-state index in [-0.39, 0.29) is 17.3 Å². The van der Waals surface area contributed by atoms with Crippen LogP contribution < -0.4 is 16.1 Å². The highest BCUT2D eigenvalue weighted by molar-refractivity contribution is 5.75. The molecule has 7 heteroatoms. The Morgan fingerprint density at radius 3 is 2.62 bits per heavy atom. The van der Waals surface area contributed by atoms with E-state index in [4.69, 9.17) is 0 Å².